The molecule has 0 fully saturated rings. The number of carbonyl (C=O) groups excluding carboxylic acids is 1. The van der Waals surface area contributed by atoms with Crippen LogP contribution in [0.2, 0.25) is 0 Å². The normalized spacial score (nSPS) is 11.3. The molecule has 0 aliphatic rings. The lowest BCUT2D eigenvalue weighted by Crippen LogP contribution is -2.07. The largest absolute Gasteiger partial charge is 0.497 e. The van der Waals surface area contributed by atoms with Crippen molar-refractivity contribution < 1.29 is 9.53 Å². The van der Waals surface area contributed by atoms with Gasteiger partial charge in [0.15, 0.2) is 0 Å². The molecule has 4 aromatic rings. The fourth-order valence-electron chi connectivity index (χ4n) is 3.24. The Kier molecular flexibility index (Phi) is 3.20. The lowest BCUT2D eigenvalue weighted by Gasteiger charge is -2.05. The molecule has 2 aromatic heterocycles. The summed E-state index contributed by atoms with van der Waals surface area (Å²) in [6, 6.07) is 15.6. The van der Waals surface area contributed by atoms with Crippen LogP contribution in [-0.4, -0.2) is 22.0 Å². The number of carbonyl (C=O) groups is 1. The van der Waals surface area contributed by atoms with E-state index >= 15 is 0 Å². The molecule has 0 aliphatic heterocycles. The van der Waals surface area contributed by atoms with Crippen LogP contribution in [0.15, 0.2) is 54.7 Å². The summed E-state index contributed by atoms with van der Waals surface area (Å²) in [5.41, 5.74) is 3.51. The number of ether oxygens (including phenoxy) is 1. The van der Waals surface area contributed by atoms with Crippen molar-refractivity contribution in [2.24, 2.45) is 14.1 Å². The van der Waals surface area contributed by atoms with Crippen LogP contribution in [0.4, 0.5) is 0 Å². The van der Waals surface area contributed by atoms with Gasteiger partial charge >= 0.3 is 0 Å². The third-order valence-electron chi connectivity index (χ3n) is 4.63. The molecule has 0 unspecified atom stereocenters. The minimum absolute atomic E-state index is 0.0263. The molecule has 0 amide bonds. The van der Waals surface area contributed by atoms with Crippen molar-refractivity contribution in [3.8, 4) is 5.75 Å². The predicted molar refractivity (Wildman–Crippen MR) is 95.8 cm³/mol. The van der Waals surface area contributed by atoms with Gasteiger partial charge in [-0.2, -0.15) is 0 Å². The average Bonchev–Trinajstić information content (AvgIpc) is 3.14. The van der Waals surface area contributed by atoms with Gasteiger partial charge in [0, 0.05) is 47.7 Å². The molecule has 0 atom stereocenters. The summed E-state index contributed by atoms with van der Waals surface area (Å²) in [6.07, 6.45) is 2.00. The Hall–Kier alpha value is -3.01. The highest BCUT2D eigenvalue weighted by molar-refractivity contribution is 6.12. The van der Waals surface area contributed by atoms with E-state index in [0.29, 0.717) is 11.3 Å². The van der Waals surface area contributed by atoms with E-state index in [9.17, 15) is 4.79 Å². The SMILES string of the molecule is COc1ccc2c(c1)cc(C(=O)c1ccc3c(ccn3C)c1)n2C. The van der Waals surface area contributed by atoms with Crippen molar-refractivity contribution in [2.75, 3.05) is 7.11 Å². The smallest absolute Gasteiger partial charge is 0.209 e. The first-order valence-corrected chi connectivity index (χ1v) is 7.82. The molecule has 0 spiro atoms. The second-order valence-corrected chi connectivity index (χ2v) is 6.04. The second-order valence-electron chi connectivity index (χ2n) is 6.04. The zero-order valence-electron chi connectivity index (χ0n) is 13.9. The molecule has 24 heavy (non-hydrogen) atoms. The fraction of sp³-hybridized carbons (Fsp3) is 0.150. The van der Waals surface area contributed by atoms with Gasteiger partial charge in [-0.15, -0.1) is 0 Å². The van der Waals surface area contributed by atoms with Gasteiger partial charge in [-0.1, -0.05) is 0 Å². The number of hydrogen-bond acceptors (Lipinski definition) is 2. The Morgan fingerprint density at radius 1 is 0.917 bits per heavy atom. The topological polar surface area (TPSA) is 36.2 Å². The van der Waals surface area contributed by atoms with Gasteiger partial charge in [0.1, 0.15) is 5.75 Å². The number of ketones is 1. The Bertz CT molecular complexity index is 1090. The van der Waals surface area contributed by atoms with E-state index in [4.69, 9.17) is 4.74 Å². The molecule has 4 rings (SSSR count). The highest BCUT2D eigenvalue weighted by Gasteiger charge is 2.16. The lowest BCUT2D eigenvalue weighted by atomic mass is 10.1. The Morgan fingerprint density at radius 3 is 2.50 bits per heavy atom. The van der Waals surface area contributed by atoms with Crippen molar-refractivity contribution in [2.45, 2.75) is 0 Å². The van der Waals surface area contributed by atoms with E-state index in [-0.39, 0.29) is 5.78 Å². The zero-order chi connectivity index (χ0) is 16.8. The second kappa shape index (κ2) is 5.27. The maximum absolute atomic E-state index is 13.0. The molecular weight excluding hydrogens is 300 g/mol. The van der Waals surface area contributed by atoms with Gasteiger partial charge in [-0.25, -0.2) is 0 Å². The Labute approximate surface area is 139 Å². The molecule has 0 saturated heterocycles. The van der Waals surface area contributed by atoms with Crippen LogP contribution in [0.25, 0.3) is 21.8 Å². The molecule has 0 N–H and O–H groups in total. The maximum Gasteiger partial charge on any atom is 0.209 e. The average molecular weight is 318 g/mol. The number of fused-ring (bicyclic) bond motifs is 2. The molecule has 4 nitrogen and oxygen atoms in total. The summed E-state index contributed by atoms with van der Waals surface area (Å²) in [4.78, 5) is 13.0. The Balaban J connectivity index is 1.82. The quantitative estimate of drug-likeness (QED) is 0.537. The number of nitrogens with zero attached hydrogens (tertiary/aromatic N) is 2. The minimum Gasteiger partial charge on any atom is -0.497 e. The molecule has 0 saturated carbocycles. The number of rotatable bonds is 3. The van der Waals surface area contributed by atoms with Crippen molar-refractivity contribution in [1.29, 1.82) is 0 Å². The van der Waals surface area contributed by atoms with Crippen molar-refractivity contribution in [3.05, 3.63) is 66.0 Å². The summed E-state index contributed by atoms with van der Waals surface area (Å²) in [5.74, 6) is 0.816. The first-order valence-electron chi connectivity index (χ1n) is 7.82. The lowest BCUT2D eigenvalue weighted by molar-refractivity contribution is 0.103. The van der Waals surface area contributed by atoms with Gasteiger partial charge in [0.25, 0.3) is 0 Å². The molecule has 120 valence electrons. The summed E-state index contributed by atoms with van der Waals surface area (Å²) < 4.78 is 9.26. The molecule has 4 heteroatoms. The van der Waals surface area contributed by atoms with Gasteiger partial charge in [-0.05, 0) is 48.5 Å². The Morgan fingerprint density at radius 2 is 1.71 bits per heavy atom. The third-order valence-corrected chi connectivity index (χ3v) is 4.63. The van der Waals surface area contributed by atoms with Gasteiger partial charge in [0.2, 0.25) is 5.78 Å². The van der Waals surface area contributed by atoms with Crippen LogP contribution in [0.3, 0.4) is 0 Å². The van der Waals surface area contributed by atoms with Crippen LogP contribution < -0.4 is 4.74 Å². The number of methoxy groups -OCH3 is 1. The molecule has 2 heterocycles. The molecular formula is C20H18N2O2. The molecule has 0 aliphatic carbocycles. The van der Waals surface area contributed by atoms with Crippen LogP contribution in [0.5, 0.6) is 5.75 Å². The zero-order valence-corrected chi connectivity index (χ0v) is 13.9. The summed E-state index contributed by atoms with van der Waals surface area (Å²) in [5, 5.41) is 2.07. The van der Waals surface area contributed by atoms with E-state index in [0.717, 1.165) is 27.6 Å². The molecule has 0 bridgehead atoms. The number of hydrogen-bond donors (Lipinski definition) is 0. The molecule has 0 radical (unpaired) electrons. The van der Waals surface area contributed by atoms with E-state index in [1.165, 1.54) is 0 Å². The maximum atomic E-state index is 13.0. The summed E-state index contributed by atoms with van der Waals surface area (Å²) in [6.45, 7) is 0. The number of benzene rings is 2. The van der Waals surface area contributed by atoms with E-state index in [1.807, 2.05) is 78.0 Å². The van der Waals surface area contributed by atoms with E-state index < -0.39 is 0 Å². The van der Waals surface area contributed by atoms with E-state index in [2.05, 4.69) is 0 Å². The van der Waals surface area contributed by atoms with Crippen molar-refractivity contribution >= 4 is 27.6 Å². The predicted octanol–water partition coefficient (Wildman–Crippen LogP) is 3.91. The van der Waals surface area contributed by atoms with Gasteiger partial charge in [-0.3, -0.25) is 4.79 Å². The van der Waals surface area contributed by atoms with Crippen molar-refractivity contribution in [3.63, 3.8) is 0 Å². The number of aryl methyl sites for hydroxylation is 2. The van der Waals surface area contributed by atoms with Crippen LogP contribution in [0.1, 0.15) is 16.1 Å². The molecule has 2 aromatic carbocycles. The third kappa shape index (κ3) is 2.11. The van der Waals surface area contributed by atoms with Crippen LogP contribution in [0, 0.1) is 0 Å². The minimum atomic E-state index is 0.0263. The van der Waals surface area contributed by atoms with Gasteiger partial charge in [0.05, 0.1) is 12.8 Å². The summed E-state index contributed by atoms with van der Waals surface area (Å²) >= 11 is 0. The van der Waals surface area contributed by atoms with Crippen molar-refractivity contribution in [1.82, 2.24) is 9.13 Å². The standard InChI is InChI=1S/C20H18N2O2/c1-21-9-8-13-10-14(4-6-17(13)21)20(23)19-12-15-11-16(24-3)5-7-18(15)22(19)2/h4-12H,1-3H3. The van der Waals surface area contributed by atoms with Crippen LogP contribution in [-0.2, 0) is 14.1 Å². The van der Waals surface area contributed by atoms with Crippen LogP contribution >= 0.6 is 0 Å². The summed E-state index contributed by atoms with van der Waals surface area (Å²) in [7, 11) is 5.56. The highest BCUT2D eigenvalue weighted by atomic mass is 16.5. The fourth-order valence-corrected chi connectivity index (χ4v) is 3.24. The highest BCUT2D eigenvalue weighted by Crippen LogP contribution is 2.26. The monoisotopic (exact) mass is 318 g/mol. The van der Waals surface area contributed by atoms with E-state index in [1.54, 1.807) is 7.11 Å². The van der Waals surface area contributed by atoms with Gasteiger partial charge < -0.3 is 13.9 Å². The first-order chi connectivity index (χ1) is 11.6. The number of aromatic nitrogens is 2. The first kappa shape index (κ1) is 14.6.